The molecule has 1 aliphatic heterocycles. The van der Waals surface area contributed by atoms with E-state index in [-0.39, 0.29) is 19.1 Å². The van der Waals surface area contributed by atoms with E-state index in [0.717, 1.165) is 23.3 Å². The number of amides is 1. The van der Waals surface area contributed by atoms with Gasteiger partial charge in [-0.15, -0.1) is 0 Å². The molecule has 0 aromatic heterocycles. The van der Waals surface area contributed by atoms with Gasteiger partial charge >= 0.3 is 5.97 Å². The summed E-state index contributed by atoms with van der Waals surface area (Å²) in [5.74, 6) is -0.118. The van der Waals surface area contributed by atoms with Crippen molar-refractivity contribution in [1.82, 2.24) is 5.32 Å². The van der Waals surface area contributed by atoms with Crippen LogP contribution in [0.3, 0.4) is 0 Å². The van der Waals surface area contributed by atoms with E-state index < -0.39 is 5.97 Å². The summed E-state index contributed by atoms with van der Waals surface area (Å²) >= 11 is 0. The van der Waals surface area contributed by atoms with Gasteiger partial charge in [0.2, 0.25) is 0 Å². The molecule has 2 aromatic rings. The Balaban J connectivity index is 1.43. The molecule has 0 fully saturated rings. The molecular weight excluding hydrogens is 318 g/mol. The van der Waals surface area contributed by atoms with E-state index in [0.29, 0.717) is 12.1 Å². The van der Waals surface area contributed by atoms with E-state index in [1.807, 2.05) is 54.6 Å². The van der Waals surface area contributed by atoms with Gasteiger partial charge in [-0.2, -0.15) is 0 Å². The summed E-state index contributed by atoms with van der Waals surface area (Å²) in [5, 5.41) is 2.74. The number of ether oxygens (including phenoxy) is 2. The molecule has 0 saturated heterocycles. The molecule has 1 N–H and O–H groups in total. The Labute approximate surface area is 146 Å². The van der Waals surface area contributed by atoms with Crippen LogP contribution in [0.4, 0.5) is 0 Å². The van der Waals surface area contributed by atoms with Gasteiger partial charge in [-0.3, -0.25) is 4.79 Å². The Morgan fingerprint density at radius 1 is 1.04 bits per heavy atom. The average molecular weight is 337 g/mol. The molecular formula is C20H19NO4. The van der Waals surface area contributed by atoms with Crippen LogP contribution in [0.2, 0.25) is 0 Å². The fourth-order valence-electron chi connectivity index (χ4n) is 2.50. The summed E-state index contributed by atoms with van der Waals surface area (Å²) in [5.41, 5.74) is 2.37. The zero-order valence-corrected chi connectivity index (χ0v) is 13.7. The van der Waals surface area contributed by atoms with E-state index in [2.05, 4.69) is 5.32 Å². The van der Waals surface area contributed by atoms with Gasteiger partial charge in [0.1, 0.15) is 12.4 Å². The van der Waals surface area contributed by atoms with E-state index in [1.165, 1.54) is 0 Å². The molecule has 1 aliphatic rings. The van der Waals surface area contributed by atoms with Gasteiger partial charge in [-0.05, 0) is 24.1 Å². The number of esters is 1. The van der Waals surface area contributed by atoms with Crippen LogP contribution in [0.5, 0.6) is 5.75 Å². The summed E-state index contributed by atoms with van der Waals surface area (Å²) in [7, 11) is 0. The van der Waals surface area contributed by atoms with Crippen molar-refractivity contribution in [2.75, 3.05) is 19.8 Å². The third kappa shape index (κ3) is 4.70. The third-order valence-corrected chi connectivity index (χ3v) is 3.81. The molecule has 0 atom stereocenters. The molecule has 3 rings (SSSR count). The summed E-state index contributed by atoms with van der Waals surface area (Å²) in [6.45, 7) is 0.345. The highest BCUT2D eigenvalue weighted by atomic mass is 16.5. The molecule has 0 aliphatic carbocycles. The van der Waals surface area contributed by atoms with Gasteiger partial charge in [-0.25, -0.2) is 4.79 Å². The maximum absolute atomic E-state index is 12.1. The molecule has 1 amide bonds. The molecule has 25 heavy (non-hydrogen) atoms. The number of nitrogens with one attached hydrogen (secondary N) is 1. The van der Waals surface area contributed by atoms with Crippen molar-refractivity contribution in [2.24, 2.45) is 0 Å². The van der Waals surface area contributed by atoms with Crippen molar-refractivity contribution in [3.05, 3.63) is 71.3 Å². The SMILES string of the molecule is O=C(COC(=O)C1=Cc2ccccc2OC1)NCCc1ccccc1. The lowest BCUT2D eigenvalue weighted by Crippen LogP contribution is -2.31. The van der Waals surface area contributed by atoms with Crippen molar-refractivity contribution < 1.29 is 19.1 Å². The summed E-state index contributed by atoms with van der Waals surface area (Å²) in [6.07, 6.45) is 2.46. The lowest BCUT2D eigenvalue weighted by atomic mass is 10.1. The fourth-order valence-corrected chi connectivity index (χ4v) is 2.50. The first-order valence-corrected chi connectivity index (χ1v) is 8.12. The van der Waals surface area contributed by atoms with Crippen molar-refractivity contribution in [3.63, 3.8) is 0 Å². The molecule has 2 aromatic carbocycles. The molecule has 0 saturated carbocycles. The quantitative estimate of drug-likeness (QED) is 0.822. The Morgan fingerprint density at radius 2 is 1.80 bits per heavy atom. The fraction of sp³-hybridized carbons (Fsp3) is 0.200. The third-order valence-electron chi connectivity index (χ3n) is 3.81. The number of hydrogen-bond donors (Lipinski definition) is 1. The van der Waals surface area contributed by atoms with Gasteiger partial charge in [0.15, 0.2) is 6.61 Å². The highest BCUT2D eigenvalue weighted by Gasteiger charge is 2.18. The maximum Gasteiger partial charge on any atom is 0.338 e. The van der Waals surface area contributed by atoms with Gasteiger partial charge in [0.25, 0.3) is 5.91 Å². The molecule has 5 heteroatoms. The Hall–Kier alpha value is -3.08. The lowest BCUT2D eigenvalue weighted by molar-refractivity contribution is -0.145. The molecule has 0 radical (unpaired) electrons. The Bertz CT molecular complexity index is 783. The minimum Gasteiger partial charge on any atom is -0.488 e. The van der Waals surface area contributed by atoms with Crippen LogP contribution in [0, 0.1) is 0 Å². The van der Waals surface area contributed by atoms with Crippen molar-refractivity contribution >= 4 is 18.0 Å². The number of hydrogen-bond acceptors (Lipinski definition) is 4. The monoisotopic (exact) mass is 337 g/mol. The zero-order chi connectivity index (χ0) is 17.5. The predicted molar refractivity (Wildman–Crippen MR) is 94.0 cm³/mol. The van der Waals surface area contributed by atoms with E-state index in [9.17, 15) is 9.59 Å². The first kappa shape index (κ1) is 16.8. The van der Waals surface area contributed by atoms with Crippen LogP contribution < -0.4 is 10.1 Å². The molecule has 128 valence electrons. The average Bonchev–Trinajstić information content (AvgIpc) is 2.66. The topological polar surface area (TPSA) is 64.6 Å². The second kappa shape index (κ2) is 8.15. The largest absolute Gasteiger partial charge is 0.488 e. The van der Waals surface area contributed by atoms with Crippen LogP contribution >= 0.6 is 0 Å². The number of fused-ring (bicyclic) bond motifs is 1. The molecule has 0 unspecified atom stereocenters. The van der Waals surface area contributed by atoms with E-state index >= 15 is 0 Å². The smallest absolute Gasteiger partial charge is 0.338 e. The van der Waals surface area contributed by atoms with Gasteiger partial charge in [0, 0.05) is 12.1 Å². The van der Waals surface area contributed by atoms with Gasteiger partial charge in [0.05, 0.1) is 5.57 Å². The first-order chi connectivity index (χ1) is 12.2. The zero-order valence-electron chi connectivity index (χ0n) is 13.7. The van der Waals surface area contributed by atoms with Gasteiger partial charge < -0.3 is 14.8 Å². The molecule has 0 bridgehead atoms. The minimum absolute atomic E-state index is 0.144. The normalized spacial score (nSPS) is 12.4. The van der Waals surface area contributed by atoms with Crippen molar-refractivity contribution in [3.8, 4) is 5.75 Å². The van der Waals surface area contributed by atoms with E-state index in [4.69, 9.17) is 9.47 Å². The number of rotatable bonds is 6. The molecule has 0 spiro atoms. The Morgan fingerprint density at radius 3 is 2.64 bits per heavy atom. The van der Waals surface area contributed by atoms with Crippen LogP contribution in [0.1, 0.15) is 11.1 Å². The van der Waals surface area contributed by atoms with Crippen molar-refractivity contribution in [1.29, 1.82) is 0 Å². The van der Waals surface area contributed by atoms with Crippen LogP contribution in [0.25, 0.3) is 6.08 Å². The molecule has 1 heterocycles. The van der Waals surface area contributed by atoms with Gasteiger partial charge in [-0.1, -0.05) is 48.5 Å². The molecule has 5 nitrogen and oxygen atoms in total. The number of carbonyl (C=O) groups is 2. The highest BCUT2D eigenvalue weighted by Crippen LogP contribution is 2.25. The van der Waals surface area contributed by atoms with E-state index in [1.54, 1.807) is 6.08 Å². The highest BCUT2D eigenvalue weighted by molar-refractivity contribution is 5.96. The summed E-state index contributed by atoms with van der Waals surface area (Å²) < 4.78 is 10.6. The summed E-state index contributed by atoms with van der Waals surface area (Å²) in [6, 6.07) is 17.3. The standard InChI is InChI=1S/C20H19NO4/c22-19(21-11-10-15-6-2-1-3-7-15)14-25-20(23)17-12-16-8-4-5-9-18(16)24-13-17/h1-9,12H,10-11,13-14H2,(H,21,22). The van der Waals surface area contributed by atoms with Crippen molar-refractivity contribution in [2.45, 2.75) is 6.42 Å². The van der Waals surface area contributed by atoms with Crippen LogP contribution in [-0.2, 0) is 20.7 Å². The number of para-hydroxylation sites is 1. The number of carbonyl (C=O) groups excluding carboxylic acids is 2. The first-order valence-electron chi connectivity index (χ1n) is 8.12. The maximum atomic E-state index is 12.1. The second-order valence-electron chi connectivity index (χ2n) is 5.66. The summed E-state index contributed by atoms with van der Waals surface area (Å²) in [4.78, 5) is 23.8. The Kier molecular flexibility index (Phi) is 5.46. The van der Waals surface area contributed by atoms with Crippen LogP contribution in [0.15, 0.2) is 60.2 Å². The van der Waals surface area contributed by atoms with Crippen LogP contribution in [-0.4, -0.2) is 31.6 Å². The predicted octanol–water partition coefficient (Wildman–Crippen LogP) is 2.36. The minimum atomic E-state index is -0.535. The number of benzene rings is 2. The lowest BCUT2D eigenvalue weighted by Gasteiger charge is -2.16. The second-order valence-corrected chi connectivity index (χ2v) is 5.66.